The van der Waals surface area contributed by atoms with Gasteiger partial charge in [-0.2, -0.15) is 0 Å². The number of carbonyl (C=O) groups is 2. The molecule has 0 unspecified atom stereocenters. The predicted octanol–water partition coefficient (Wildman–Crippen LogP) is 4.65. The van der Waals surface area contributed by atoms with Crippen LogP contribution in [0.25, 0.3) is 0 Å². The normalized spacial score (nSPS) is 23.2. The van der Waals surface area contributed by atoms with Crippen molar-refractivity contribution in [2.24, 2.45) is 17.8 Å². The van der Waals surface area contributed by atoms with E-state index in [1.807, 2.05) is 54.6 Å². The molecule has 2 fully saturated rings. The van der Waals surface area contributed by atoms with E-state index in [-0.39, 0.29) is 17.9 Å². The topological polar surface area (TPSA) is 58.2 Å². The number of hydrogen-bond acceptors (Lipinski definition) is 3. The fraction of sp³-hybridized carbons (Fsp3) is 0.440. The highest BCUT2D eigenvalue weighted by Gasteiger charge is 2.42. The van der Waals surface area contributed by atoms with Crippen LogP contribution in [0.15, 0.2) is 59.5 Å². The first-order chi connectivity index (χ1) is 14.6. The Morgan fingerprint density at radius 1 is 1.03 bits per heavy atom. The van der Waals surface area contributed by atoms with E-state index >= 15 is 0 Å². The number of benzene rings is 2. The molecule has 2 aliphatic carbocycles. The molecule has 5 heteroatoms. The van der Waals surface area contributed by atoms with Crippen LogP contribution in [0.4, 0.5) is 0 Å². The molecule has 2 aromatic rings. The number of hydrogen-bond donors (Lipinski definition) is 2. The second kappa shape index (κ2) is 9.69. The van der Waals surface area contributed by atoms with Crippen LogP contribution >= 0.6 is 11.8 Å². The minimum Gasteiger partial charge on any atom is -0.353 e. The van der Waals surface area contributed by atoms with Crippen LogP contribution in [0, 0.1) is 17.8 Å². The average Bonchev–Trinajstić information content (AvgIpc) is 3.41. The molecule has 0 saturated heterocycles. The molecule has 0 radical (unpaired) electrons. The van der Waals surface area contributed by atoms with Crippen LogP contribution in [0.5, 0.6) is 0 Å². The first-order valence-electron chi connectivity index (χ1n) is 10.9. The lowest BCUT2D eigenvalue weighted by molar-refractivity contribution is -0.119. The number of fused-ring (bicyclic) bond motifs is 2. The summed E-state index contributed by atoms with van der Waals surface area (Å²) >= 11 is 1.43. The van der Waals surface area contributed by atoms with Crippen LogP contribution in [0.2, 0.25) is 0 Å². The van der Waals surface area contributed by atoms with Crippen LogP contribution in [0.3, 0.4) is 0 Å². The van der Waals surface area contributed by atoms with Gasteiger partial charge in [0.05, 0.1) is 11.3 Å². The maximum absolute atomic E-state index is 12.7. The molecule has 4 atom stereocenters. The Hall–Kier alpha value is -2.27. The zero-order valence-electron chi connectivity index (χ0n) is 17.5. The number of thioether (sulfide) groups is 1. The van der Waals surface area contributed by atoms with E-state index in [4.69, 9.17) is 0 Å². The monoisotopic (exact) mass is 422 g/mol. The summed E-state index contributed by atoms with van der Waals surface area (Å²) in [7, 11) is 0. The average molecular weight is 423 g/mol. The third-order valence-electron chi connectivity index (χ3n) is 6.61. The van der Waals surface area contributed by atoms with Crippen molar-refractivity contribution in [3.05, 3.63) is 65.7 Å². The highest BCUT2D eigenvalue weighted by Crippen LogP contribution is 2.49. The minimum atomic E-state index is -0.113. The molecule has 4 rings (SSSR count). The van der Waals surface area contributed by atoms with Crippen LogP contribution in [-0.2, 0) is 11.3 Å². The van der Waals surface area contributed by atoms with Gasteiger partial charge in [-0.3, -0.25) is 9.59 Å². The summed E-state index contributed by atoms with van der Waals surface area (Å²) in [6, 6.07) is 17.6. The van der Waals surface area contributed by atoms with Gasteiger partial charge in [0.1, 0.15) is 0 Å². The third kappa shape index (κ3) is 5.07. The maximum atomic E-state index is 12.7. The van der Waals surface area contributed by atoms with E-state index in [1.54, 1.807) is 0 Å². The summed E-state index contributed by atoms with van der Waals surface area (Å²) in [5.74, 6) is 2.58. The number of rotatable bonds is 8. The van der Waals surface area contributed by atoms with E-state index in [0.717, 1.165) is 22.3 Å². The molecule has 2 aromatic carbocycles. The molecule has 2 N–H and O–H groups in total. The smallest absolute Gasteiger partial charge is 0.252 e. The molecule has 0 heterocycles. The molecule has 0 spiro atoms. The van der Waals surface area contributed by atoms with Gasteiger partial charge in [-0.25, -0.2) is 0 Å². The van der Waals surface area contributed by atoms with Gasteiger partial charge in [-0.1, -0.05) is 48.9 Å². The molecule has 158 valence electrons. The summed E-state index contributed by atoms with van der Waals surface area (Å²) in [5.41, 5.74) is 1.68. The zero-order valence-corrected chi connectivity index (χ0v) is 18.3. The molecule has 2 bridgehead atoms. The number of amides is 2. The Bertz CT molecular complexity index is 886. The van der Waals surface area contributed by atoms with E-state index < -0.39 is 0 Å². The van der Waals surface area contributed by atoms with E-state index in [2.05, 4.69) is 17.6 Å². The van der Waals surface area contributed by atoms with Gasteiger partial charge in [0.15, 0.2) is 0 Å². The summed E-state index contributed by atoms with van der Waals surface area (Å²) < 4.78 is 0. The second-order valence-corrected chi connectivity index (χ2v) is 9.67. The molecule has 0 aliphatic heterocycles. The molecule has 4 nitrogen and oxygen atoms in total. The molecule has 0 aromatic heterocycles. The Balaban J connectivity index is 1.29. The van der Waals surface area contributed by atoms with Gasteiger partial charge < -0.3 is 10.6 Å². The molecular formula is C25H30N2O2S. The standard InChI is InChI=1S/C25H30N2O2S/c1-17(22-14-19-11-12-20(22)13-19)27-24(28)16-30-23-10-6-5-9-21(23)25(29)26-15-18-7-3-2-4-8-18/h2-10,17,19-20,22H,11-16H2,1H3,(H,26,29)(H,27,28)/t17-,19+,20+,22-/m1/s1. The Labute approximate surface area is 183 Å². The van der Waals surface area contributed by atoms with Gasteiger partial charge in [-0.15, -0.1) is 11.8 Å². The molecular weight excluding hydrogens is 392 g/mol. The van der Waals surface area contributed by atoms with E-state index in [0.29, 0.717) is 23.8 Å². The summed E-state index contributed by atoms with van der Waals surface area (Å²) in [5, 5.41) is 6.19. The predicted molar refractivity (Wildman–Crippen MR) is 121 cm³/mol. The van der Waals surface area contributed by atoms with Crippen molar-refractivity contribution in [3.63, 3.8) is 0 Å². The summed E-state index contributed by atoms with van der Waals surface area (Å²) in [6.07, 6.45) is 5.32. The van der Waals surface area contributed by atoms with Crippen molar-refractivity contribution in [2.45, 2.75) is 50.1 Å². The van der Waals surface area contributed by atoms with Crippen molar-refractivity contribution >= 4 is 23.6 Å². The second-order valence-electron chi connectivity index (χ2n) is 8.65. The van der Waals surface area contributed by atoms with Gasteiger partial charge in [-0.05, 0) is 61.6 Å². The van der Waals surface area contributed by atoms with E-state index in [1.165, 1.54) is 37.4 Å². The van der Waals surface area contributed by atoms with Crippen molar-refractivity contribution in [1.82, 2.24) is 10.6 Å². The highest BCUT2D eigenvalue weighted by molar-refractivity contribution is 8.00. The Morgan fingerprint density at radius 2 is 1.80 bits per heavy atom. The van der Waals surface area contributed by atoms with Gasteiger partial charge in [0.2, 0.25) is 5.91 Å². The quantitative estimate of drug-likeness (QED) is 0.609. The number of carbonyl (C=O) groups excluding carboxylic acids is 2. The number of nitrogens with one attached hydrogen (secondary N) is 2. The minimum absolute atomic E-state index is 0.0507. The van der Waals surface area contributed by atoms with Crippen LogP contribution in [-0.4, -0.2) is 23.6 Å². The lowest BCUT2D eigenvalue weighted by atomic mass is 9.84. The Kier molecular flexibility index (Phi) is 6.78. The fourth-order valence-corrected chi connectivity index (χ4v) is 5.97. The van der Waals surface area contributed by atoms with Crippen LogP contribution < -0.4 is 10.6 Å². The van der Waals surface area contributed by atoms with Crippen molar-refractivity contribution in [2.75, 3.05) is 5.75 Å². The highest BCUT2D eigenvalue weighted by atomic mass is 32.2. The van der Waals surface area contributed by atoms with Crippen molar-refractivity contribution < 1.29 is 9.59 Å². The molecule has 2 aliphatic rings. The third-order valence-corrected chi connectivity index (χ3v) is 7.68. The molecule has 30 heavy (non-hydrogen) atoms. The first kappa shape index (κ1) is 21.0. The lowest BCUT2D eigenvalue weighted by Gasteiger charge is -2.28. The SMILES string of the molecule is C[C@@H](NC(=O)CSc1ccccc1C(=O)NCc1ccccc1)[C@H]1C[C@H]2CC[C@H]1C2. The summed E-state index contributed by atoms with van der Waals surface area (Å²) in [4.78, 5) is 26.1. The van der Waals surface area contributed by atoms with Gasteiger partial charge >= 0.3 is 0 Å². The van der Waals surface area contributed by atoms with Gasteiger partial charge in [0.25, 0.3) is 5.91 Å². The lowest BCUT2D eigenvalue weighted by Crippen LogP contribution is -2.40. The van der Waals surface area contributed by atoms with Crippen molar-refractivity contribution in [1.29, 1.82) is 0 Å². The molecule has 2 amide bonds. The van der Waals surface area contributed by atoms with Crippen molar-refractivity contribution in [3.8, 4) is 0 Å². The summed E-state index contributed by atoms with van der Waals surface area (Å²) in [6.45, 7) is 2.64. The largest absolute Gasteiger partial charge is 0.353 e. The van der Waals surface area contributed by atoms with Crippen LogP contribution in [0.1, 0.15) is 48.5 Å². The zero-order chi connectivity index (χ0) is 20.9. The fourth-order valence-electron chi connectivity index (χ4n) is 5.11. The first-order valence-corrected chi connectivity index (χ1v) is 11.9. The Morgan fingerprint density at radius 3 is 2.53 bits per heavy atom. The van der Waals surface area contributed by atoms with E-state index in [9.17, 15) is 9.59 Å². The van der Waals surface area contributed by atoms with Gasteiger partial charge in [0, 0.05) is 17.5 Å². The molecule has 2 saturated carbocycles. The maximum Gasteiger partial charge on any atom is 0.252 e.